The van der Waals surface area contributed by atoms with Crippen molar-refractivity contribution in [1.29, 1.82) is 0 Å². The normalized spacial score (nSPS) is 17.5. The van der Waals surface area contributed by atoms with Crippen LogP contribution < -0.4 is 20.3 Å². The molecule has 2 saturated heterocycles. The summed E-state index contributed by atoms with van der Waals surface area (Å²) in [6.45, 7) is 2.97. The number of imide groups is 1. The molecule has 3 aromatic heterocycles. The summed E-state index contributed by atoms with van der Waals surface area (Å²) in [5.74, 6) is -1.14. The number of rotatable bonds is 8. The van der Waals surface area contributed by atoms with Gasteiger partial charge in [-0.2, -0.15) is 0 Å². The minimum Gasteiger partial charge on any atom is -0.496 e. The van der Waals surface area contributed by atoms with Gasteiger partial charge in [-0.3, -0.25) is 38.9 Å². The van der Waals surface area contributed by atoms with Crippen molar-refractivity contribution in [2.75, 3.05) is 27.3 Å². The van der Waals surface area contributed by atoms with Crippen LogP contribution in [0.5, 0.6) is 23.3 Å². The Morgan fingerprint density at radius 2 is 1.76 bits per heavy atom. The quantitative estimate of drug-likeness (QED) is 0.158. The number of pyridine rings is 2. The van der Waals surface area contributed by atoms with Gasteiger partial charge in [0.1, 0.15) is 17.5 Å². The Kier molecular flexibility index (Phi) is 8.29. The van der Waals surface area contributed by atoms with E-state index in [1.807, 2.05) is 12.1 Å². The van der Waals surface area contributed by atoms with Crippen LogP contribution in [0.25, 0.3) is 32.7 Å². The van der Waals surface area contributed by atoms with E-state index < -0.39 is 35.1 Å². The predicted molar refractivity (Wildman–Crippen MR) is 185 cm³/mol. The number of nitrogens with one attached hydrogen (secondary N) is 1. The Bertz CT molecular complexity index is 2330. The van der Waals surface area contributed by atoms with Crippen molar-refractivity contribution in [3.63, 3.8) is 0 Å². The summed E-state index contributed by atoms with van der Waals surface area (Å²) < 4.78 is 14.2. The van der Waals surface area contributed by atoms with Gasteiger partial charge in [-0.15, -0.1) is 10.2 Å². The summed E-state index contributed by atoms with van der Waals surface area (Å²) in [6, 6.07) is 9.29. The van der Waals surface area contributed by atoms with Crippen molar-refractivity contribution in [3.8, 4) is 34.4 Å². The Morgan fingerprint density at radius 1 is 1.04 bits per heavy atom. The SMILES string of the molecule is COc1cc(-c2cn(C)c(=O)c3cnccc23)cc(OC)c1CN1CC(C)(C(=O)N=Nc2cccc3c(O)n(C4CCC(=O)NC4=O)c(O)c23)C1. The summed E-state index contributed by atoms with van der Waals surface area (Å²) in [7, 11) is 4.84. The number of azo groups is 1. The van der Waals surface area contributed by atoms with Gasteiger partial charge >= 0.3 is 0 Å². The molecule has 51 heavy (non-hydrogen) atoms. The van der Waals surface area contributed by atoms with Crippen LogP contribution >= 0.6 is 0 Å². The molecule has 0 spiro atoms. The number of aromatic hydroxyl groups is 2. The van der Waals surface area contributed by atoms with Crippen molar-refractivity contribution >= 4 is 45.0 Å². The number of methoxy groups -OCH3 is 2. The largest absolute Gasteiger partial charge is 0.496 e. The van der Waals surface area contributed by atoms with Crippen LogP contribution in [0.4, 0.5) is 5.69 Å². The van der Waals surface area contributed by atoms with Crippen molar-refractivity contribution in [1.82, 2.24) is 24.3 Å². The number of hydrogen-bond donors (Lipinski definition) is 3. The third kappa shape index (κ3) is 5.64. The zero-order valence-corrected chi connectivity index (χ0v) is 28.3. The van der Waals surface area contributed by atoms with Gasteiger partial charge in [0.15, 0.2) is 0 Å². The maximum absolute atomic E-state index is 13.4. The first-order valence-corrected chi connectivity index (χ1v) is 16.2. The van der Waals surface area contributed by atoms with Crippen LogP contribution in [0.15, 0.2) is 70.0 Å². The number of carbonyl (C=O) groups is 3. The van der Waals surface area contributed by atoms with Crippen molar-refractivity contribution in [3.05, 3.63) is 70.9 Å². The maximum Gasteiger partial charge on any atom is 0.273 e. The van der Waals surface area contributed by atoms with Crippen molar-refractivity contribution < 1.29 is 34.1 Å². The van der Waals surface area contributed by atoms with E-state index >= 15 is 0 Å². The van der Waals surface area contributed by atoms with Crippen molar-refractivity contribution in [2.45, 2.75) is 32.4 Å². The molecule has 5 heterocycles. The number of aromatic nitrogens is 3. The monoisotopic (exact) mass is 693 g/mol. The first-order chi connectivity index (χ1) is 24.4. The highest BCUT2D eigenvalue weighted by atomic mass is 16.5. The minimum atomic E-state index is -0.999. The van der Waals surface area contributed by atoms with E-state index in [0.717, 1.165) is 26.6 Å². The predicted octanol–water partition coefficient (Wildman–Crippen LogP) is 4.09. The second kappa shape index (κ2) is 12.7. The molecule has 2 aliphatic rings. The second-order valence-electron chi connectivity index (χ2n) is 13.1. The zero-order valence-electron chi connectivity index (χ0n) is 28.3. The molecule has 2 aliphatic heterocycles. The number of fused-ring (bicyclic) bond motifs is 2. The zero-order chi connectivity index (χ0) is 36.2. The van der Waals surface area contributed by atoms with Gasteiger partial charge in [-0.25, -0.2) is 0 Å². The van der Waals surface area contributed by atoms with Crippen LogP contribution in [-0.4, -0.2) is 74.3 Å². The summed E-state index contributed by atoms with van der Waals surface area (Å²) in [5.41, 5.74) is 1.55. The Balaban J connectivity index is 1.10. The molecule has 7 rings (SSSR count). The van der Waals surface area contributed by atoms with Gasteiger partial charge in [-0.05, 0) is 54.6 Å². The second-order valence-corrected chi connectivity index (χ2v) is 13.1. The highest BCUT2D eigenvalue weighted by Gasteiger charge is 2.46. The maximum atomic E-state index is 13.4. The van der Waals surface area contributed by atoms with E-state index in [-0.39, 0.29) is 40.7 Å². The lowest BCUT2D eigenvalue weighted by Gasteiger charge is -2.45. The van der Waals surface area contributed by atoms with Gasteiger partial charge < -0.3 is 24.3 Å². The molecule has 15 nitrogen and oxygen atoms in total. The van der Waals surface area contributed by atoms with Gasteiger partial charge in [-0.1, -0.05) is 6.07 Å². The smallest absolute Gasteiger partial charge is 0.273 e. The minimum absolute atomic E-state index is 0.0533. The Hall–Kier alpha value is -6.09. The molecule has 0 saturated carbocycles. The molecular weight excluding hydrogens is 658 g/mol. The fraction of sp³-hybridized carbons (Fsp3) is 0.306. The highest BCUT2D eigenvalue weighted by Crippen LogP contribution is 2.45. The fourth-order valence-corrected chi connectivity index (χ4v) is 7.09. The highest BCUT2D eigenvalue weighted by molar-refractivity contribution is 6.04. The molecule has 0 radical (unpaired) electrons. The van der Waals surface area contributed by atoms with Gasteiger partial charge in [0.2, 0.25) is 23.6 Å². The van der Waals surface area contributed by atoms with E-state index in [1.165, 1.54) is 4.57 Å². The molecular formula is C36H35N7O8. The third-order valence-electron chi connectivity index (χ3n) is 9.68. The molecule has 1 unspecified atom stereocenters. The van der Waals surface area contributed by atoms with Crippen LogP contribution in [0.2, 0.25) is 0 Å². The number of benzene rings is 2. The Labute approximate surface area is 290 Å². The molecule has 3 N–H and O–H groups in total. The number of piperidine rings is 1. The van der Waals surface area contributed by atoms with E-state index in [0.29, 0.717) is 36.5 Å². The van der Waals surface area contributed by atoms with E-state index in [1.54, 1.807) is 71.0 Å². The summed E-state index contributed by atoms with van der Waals surface area (Å²) in [5, 5.41) is 34.0. The number of ether oxygens (including phenoxy) is 2. The molecule has 1 atom stereocenters. The van der Waals surface area contributed by atoms with Crippen LogP contribution in [-0.2, 0) is 28.0 Å². The van der Waals surface area contributed by atoms with Crippen LogP contribution in [0, 0.1) is 5.41 Å². The molecule has 0 aliphatic carbocycles. The lowest BCUT2D eigenvalue weighted by atomic mass is 9.81. The van der Waals surface area contributed by atoms with E-state index in [9.17, 15) is 29.4 Å². The number of hydrogen-bond acceptors (Lipinski definition) is 11. The van der Waals surface area contributed by atoms with Crippen LogP contribution in [0.3, 0.4) is 0 Å². The number of carbonyl (C=O) groups excluding carboxylic acids is 3. The fourth-order valence-electron chi connectivity index (χ4n) is 7.09. The lowest BCUT2D eigenvalue weighted by molar-refractivity contribution is -0.137. The Morgan fingerprint density at radius 3 is 2.45 bits per heavy atom. The summed E-state index contributed by atoms with van der Waals surface area (Å²) in [4.78, 5) is 56.4. The molecule has 0 bridgehead atoms. The van der Waals surface area contributed by atoms with Gasteiger partial charge in [0.25, 0.3) is 11.5 Å². The number of likely N-dealkylation sites (tertiary alicyclic amines) is 1. The number of amides is 3. The summed E-state index contributed by atoms with van der Waals surface area (Å²) >= 11 is 0. The third-order valence-corrected chi connectivity index (χ3v) is 9.68. The van der Waals surface area contributed by atoms with E-state index in [4.69, 9.17) is 9.47 Å². The molecule has 2 aromatic carbocycles. The van der Waals surface area contributed by atoms with E-state index in [2.05, 4.69) is 25.4 Å². The summed E-state index contributed by atoms with van der Waals surface area (Å²) in [6.07, 6.45) is 5.13. The first-order valence-electron chi connectivity index (χ1n) is 16.2. The number of aryl methyl sites for hydroxylation is 1. The lowest BCUT2D eigenvalue weighted by Crippen LogP contribution is -2.57. The standard InChI is InChI=1S/C36H35N7O8/c1-36(35(49)40-39-25-7-5-6-21-30(25)34(48)43(33(21)47)26-8-9-29(44)38-31(26)45)17-42(18-36)16-24-27(50-3)12-19(13-28(24)51-4)23-15-41(2)32(46)22-14-37-11-10-20(22)23/h5-7,10-15,26,47-48H,8-9,16-18H2,1-4H3,(H,38,44,45). The molecule has 3 amide bonds. The van der Waals surface area contributed by atoms with Crippen LogP contribution in [0.1, 0.15) is 31.4 Å². The molecule has 15 heteroatoms. The molecule has 262 valence electrons. The average molecular weight is 694 g/mol. The van der Waals surface area contributed by atoms with Gasteiger partial charge in [0.05, 0.1) is 41.7 Å². The number of nitrogens with zero attached hydrogens (tertiary/aromatic N) is 6. The molecule has 5 aromatic rings. The van der Waals surface area contributed by atoms with Crippen molar-refractivity contribution in [2.24, 2.45) is 22.7 Å². The van der Waals surface area contributed by atoms with Gasteiger partial charge in [0, 0.05) is 62.6 Å². The molecule has 2 fully saturated rings. The first kappa shape index (κ1) is 33.4. The topological polar surface area (TPSA) is 190 Å². The average Bonchev–Trinajstić information content (AvgIpc) is 3.37.